The van der Waals surface area contributed by atoms with E-state index in [1.54, 1.807) is 13.0 Å². The molecule has 0 fully saturated rings. The summed E-state index contributed by atoms with van der Waals surface area (Å²) in [5.74, 6) is 0.243. The Hall–Kier alpha value is -2.02. The van der Waals surface area contributed by atoms with Crippen molar-refractivity contribution in [2.75, 3.05) is 12.4 Å². The molecular weight excluding hydrogens is 333 g/mol. The van der Waals surface area contributed by atoms with Gasteiger partial charge in [-0.05, 0) is 5.92 Å². The topological polar surface area (TPSA) is 88.2 Å². The van der Waals surface area contributed by atoms with Crippen molar-refractivity contribution in [1.82, 2.24) is 9.97 Å². The van der Waals surface area contributed by atoms with Gasteiger partial charge in [0.15, 0.2) is 0 Å². The average Bonchev–Trinajstić information content (AvgIpc) is 2.49. The quantitative estimate of drug-likeness (QED) is 0.582. The monoisotopic (exact) mass is 348 g/mol. The van der Waals surface area contributed by atoms with E-state index < -0.39 is 29.3 Å². The maximum atomic E-state index is 12.1. The van der Waals surface area contributed by atoms with E-state index in [0.29, 0.717) is 11.4 Å². The molecule has 1 aromatic rings. The highest BCUT2D eigenvalue weighted by molar-refractivity contribution is 7.84. The maximum Gasteiger partial charge on any atom is 0.425 e. The first kappa shape index (κ1) is 19.0. The normalized spacial score (nSPS) is 13.7. The highest BCUT2D eigenvalue weighted by atomic mass is 32.2. The van der Waals surface area contributed by atoms with Gasteiger partial charge in [0.2, 0.25) is 12.3 Å². The number of hydrogen-bond donors (Lipinski definition) is 0. The van der Waals surface area contributed by atoms with Crippen LogP contribution in [0.3, 0.4) is 0 Å². The number of rotatable bonds is 6. The molecule has 1 atom stereocenters. The zero-order valence-electron chi connectivity index (χ0n) is 12.7. The first-order valence-electron chi connectivity index (χ1n) is 6.62. The van der Waals surface area contributed by atoms with Gasteiger partial charge in [0, 0.05) is 5.75 Å². The molecule has 0 aliphatic rings. The molecule has 0 amide bonds. The lowest BCUT2D eigenvalue weighted by Crippen LogP contribution is -2.16. The SMILES string of the molecule is CCS(=O)c1nc(/C(C#N)=N/OCC(F)(F)F)cnc1C(C)C. The second-order valence-electron chi connectivity index (χ2n) is 4.67. The van der Waals surface area contributed by atoms with E-state index in [1.165, 1.54) is 6.20 Å². The van der Waals surface area contributed by atoms with Crippen molar-refractivity contribution < 1.29 is 22.2 Å². The fourth-order valence-electron chi connectivity index (χ4n) is 1.49. The number of hydrogen-bond acceptors (Lipinski definition) is 6. The third-order valence-electron chi connectivity index (χ3n) is 2.52. The summed E-state index contributed by atoms with van der Waals surface area (Å²) >= 11 is 0. The van der Waals surface area contributed by atoms with Gasteiger partial charge >= 0.3 is 6.18 Å². The summed E-state index contributed by atoms with van der Waals surface area (Å²) < 4.78 is 48.1. The molecule has 10 heteroatoms. The van der Waals surface area contributed by atoms with Crippen molar-refractivity contribution in [2.45, 2.75) is 37.9 Å². The molecule has 0 saturated carbocycles. The van der Waals surface area contributed by atoms with Crippen LogP contribution in [0, 0.1) is 11.3 Å². The number of oxime groups is 1. The molecule has 0 aliphatic heterocycles. The van der Waals surface area contributed by atoms with Crippen LogP contribution in [0.25, 0.3) is 0 Å². The van der Waals surface area contributed by atoms with E-state index in [-0.39, 0.29) is 16.6 Å². The predicted octanol–water partition coefficient (Wildman–Crippen LogP) is 2.53. The molecule has 6 nitrogen and oxygen atoms in total. The Morgan fingerprint density at radius 3 is 2.65 bits per heavy atom. The Kier molecular flexibility index (Phi) is 6.62. The fraction of sp³-hybridized carbons (Fsp3) is 0.538. The third kappa shape index (κ3) is 5.59. The van der Waals surface area contributed by atoms with Gasteiger partial charge in [-0.2, -0.15) is 18.4 Å². The van der Waals surface area contributed by atoms with Gasteiger partial charge in [-0.1, -0.05) is 25.9 Å². The Labute approximate surface area is 133 Å². The van der Waals surface area contributed by atoms with Gasteiger partial charge in [0.25, 0.3) is 0 Å². The zero-order chi connectivity index (χ0) is 17.6. The van der Waals surface area contributed by atoms with Crippen molar-refractivity contribution in [3.63, 3.8) is 0 Å². The minimum Gasteiger partial charge on any atom is -0.385 e. The van der Waals surface area contributed by atoms with Crippen LogP contribution < -0.4 is 0 Å². The largest absolute Gasteiger partial charge is 0.425 e. The van der Waals surface area contributed by atoms with Crippen molar-refractivity contribution in [3.8, 4) is 6.07 Å². The minimum absolute atomic E-state index is 0.0500. The standard InChI is InChI=1S/C13H15F3N4O2S/c1-4-23(21)12-11(8(2)3)18-6-10(19-12)9(5-17)20-22-7-13(14,15)16/h6,8H,4,7H2,1-3H3/b20-9+. The van der Waals surface area contributed by atoms with Crippen molar-refractivity contribution >= 4 is 16.5 Å². The van der Waals surface area contributed by atoms with Crippen LogP contribution in [-0.4, -0.2) is 38.4 Å². The molecule has 126 valence electrons. The van der Waals surface area contributed by atoms with Crippen LogP contribution in [0.2, 0.25) is 0 Å². The van der Waals surface area contributed by atoms with Gasteiger partial charge in [-0.25, -0.2) is 4.98 Å². The summed E-state index contributed by atoms with van der Waals surface area (Å²) in [5.41, 5.74) is -0.0512. The molecule has 1 rings (SSSR count). The molecule has 0 aromatic carbocycles. The minimum atomic E-state index is -4.56. The third-order valence-corrected chi connectivity index (χ3v) is 3.78. The maximum absolute atomic E-state index is 12.1. The molecule has 0 radical (unpaired) electrons. The van der Waals surface area contributed by atoms with Crippen molar-refractivity contribution in [1.29, 1.82) is 5.26 Å². The van der Waals surface area contributed by atoms with Gasteiger partial charge in [-0.3, -0.25) is 9.19 Å². The molecule has 1 unspecified atom stereocenters. The van der Waals surface area contributed by atoms with E-state index in [4.69, 9.17) is 5.26 Å². The molecular formula is C13H15F3N4O2S. The van der Waals surface area contributed by atoms with E-state index in [0.717, 1.165) is 0 Å². The van der Waals surface area contributed by atoms with Crippen LogP contribution in [0.4, 0.5) is 13.2 Å². The van der Waals surface area contributed by atoms with Crippen molar-refractivity contribution in [2.24, 2.45) is 5.16 Å². The van der Waals surface area contributed by atoms with Crippen LogP contribution in [0.5, 0.6) is 0 Å². The second-order valence-corrected chi connectivity index (χ2v) is 6.33. The molecule has 23 heavy (non-hydrogen) atoms. The lowest BCUT2D eigenvalue weighted by atomic mass is 10.1. The van der Waals surface area contributed by atoms with E-state index in [1.807, 2.05) is 13.8 Å². The van der Waals surface area contributed by atoms with Gasteiger partial charge in [0.05, 0.1) is 22.7 Å². The van der Waals surface area contributed by atoms with E-state index in [2.05, 4.69) is 20.0 Å². The fourth-order valence-corrected chi connectivity index (χ4v) is 2.49. The lowest BCUT2D eigenvalue weighted by molar-refractivity contribution is -0.173. The Morgan fingerprint density at radius 2 is 2.17 bits per heavy atom. The molecule has 1 heterocycles. The Balaban J connectivity index is 3.18. The molecule has 0 saturated heterocycles. The predicted molar refractivity (Wildman–Crippen MR) is 77.2 cm³/mol. The number of aromatic nitrogens is 2. The number of alkyl halides is 3. The number of nitriles is 1. The molecule has 1 aromatic heterocycles. The van der Waals surface area contributed by atoms with Crippen LogP contribution in [-0.2, 0) is 15.6 Å². The van der Waals surface area contributed by atoms with Gasteiger partial charge < -0.3 is 4.84 Å². The smallest absolute Gasteiger partial charge is 0.385 e. The highest BCUT2D eigenvalue weighted by Crippen LogP contribution is 2.19. The zero-order valence-corrected chi connectivity index (χ0v) is 13.5. The average molecular weight is 348 g/mol. The summed E-state index contributed by atoms with van der Waals surface area (Å²) in [5, 5.41) is 12.3. The summed E-state index contributed by atoms with van der Waals surface area (Å²) in [7, 11) is -1.43. The first-order valence-corrected chi connectivity index (χ1v) is 7.94. The lowest BCUT2D eigenvalue weighted by Gasteiger charge is -2.11. The van der Waals surface area contributed by atoms with Crippen LogP contribution in [0.15, 0.2) is 16.4 Å². The Bertz CT molecular complexity index is 654. The van der Waals surface area contributed by atoms with Crippen LogP contribution >= 0.6 is 0 Å². The Morgan fingerprint density at radius 1 is 1.52 bits per heavy atom. The molecule has 0 N–H and O–H groups in total. The molecule has 0 spiro atoms. The number of halogens is 3. The van der Waals surface area contributed by atoms with Crippen molar-refractivity contribution in [3.05, 3.63) is 17.6 Å². The van der Waals surface area contributed by atoms with Crippen LogP contribution in [0.1, 0.15) is 38.1 Å². The van der Waals surface area contributed by atoms with Gasteiger partial charge in [0.1, 0.15) is 16.8 Å². The first-order chi connectivity index (χ1) is 10.7. The summed E-state index contributed by atoms with van der Waals surface area (Å²) in [6.07, 6.45) is -3.36. The highest BCUT2D eigenvalue weighted by Gasteiger charge is 2.29. The molecule has 0 bridgehead atoms. The van der Waals surface area contributed by atoms with E-state index >= 15 is 0 Å². The summed E-state index contributed by atoms with van der Waals surface area (Å²) in [6, 6.07) is 1.59. The second kappa shape index (κ2) is 8.01. The van der Waals surface area contributed by atoms with E-state index in [9.17, 15) is 17.4 Å². The summed E-state index contributed by atoms with van der Waals surface area (Å²) in [6.45, 7) is 3.75. The number of nitrogens with zero attached hydrogens (tertiary/aromatic N) is 4. The van der Waals surface area contributed by atoms with Gasteiger partial charge in [-0.15, -0.1) is 0 Å². The molecule has 0 aliphatic carbocycles. The summed E-state index contributed by atoms with van der Waals surface area (Å²) in [4.78, 5) is 12.3.